The molecule has 0 aromatic heterocycles. The quantitative estimate of drug-likeness (QED) is 0.0568. The van der Waals surface area contributed by atoms with Gasteiger partial charge < -0.3 is 34.1 Å². The first-order chi connectivity index (χ1) is 36.5. The molecule has 0 radical (unpaired) electrons. The predicted octanol–water partition coefficient (Wildman–Crippen LogP) is 15.5. The van der Waals surface area contributed by atoms with Crippen LogP contribution in [0.1, 0.15) is 146 Å². The van der Waals surface area contributed by atoms with Gasteiger partial charge in [0.15, 0.2) is 52.2 Å². The third kappa shape index (κ3) is 15.6. The Hall–Kier alpha value is -5.59. The molecule has 3 fully saturated rings. The molecule has 0 amide bonds. The van der Waals surface area contributed by atoms with E-state index in [0.29, 0.717) is 65.4 Å². The maximum Gasteiger partial charge on any atom is 0.494 e. The van der Waals surface area contributed by atoms with Crippen LogP contribution < -0.4 is 10.2 Å². The number of aromatic hydroxyl groups is 1. The van der Waals surface area contributed by atoms with Gasteiger partial charge in [0.05, 0.1) is 43.6 Å². The Balaban J connectivity index is 0.000000207. The van der Waals surface area contributed by atoms with Crippen molar-refractivity contribution in [3.05, 3.63) is 160 Å². The van der Waals surface area contributed by atoms with E-state index in [1.165, 1.54) is 18.2 Å². The molecule has 0 saturated carbocycles. The van der Waals surface area contributed by atoms with Crippen molar-refractivity contribution in [2.45, 2.75) is 130 Å². The second-order valence-corrected chi connectivity index (χ2v) is 20.0. The van der Waals surface area contributed by atoms with E-state index in [0.717, 1.165) is 113 Å². The van der Waals surface area contributed by atoms with Crippen molar-refractivity contribution in [2.75, 3.05) is 19.8 Å². The summed E-state index contributed by atoms with van der Waals surface area (Å²) in [6.45, 7) is 8.17. The smallest absolute Gasteiger partial charge is 0.494 e. The molecule has 7 nitrogen and oxygen atoms in total. The highest BCUT2D eigenvalue weighted by Crippen LogP contribution is 2.38. The Labute approximate surface area is 445 Å². The summed E-state index contributed by atoms with van der Waals surface area (Å²) < 4.78 is 147. The minimum Gasteiger partial charge on any atom is -0.503 e. The van der Waals surface area contributed by atoms with Crippen molar-refractivity contribution in [1.29, 1.82) is 0 Å². The molecule has 3 aliphatic rings. The Bertz CT molecular complexity index is 2800. The average molecular weight is 1080 g/mol. The van der Waals surface area contributed by atoms with Gasteiger partial charge in [-0.25, -0.2) is 39.5 Å². The minimum atomic E-state index is -2.15. The highest BCUT2D eigenvalue weighted by atomic mass is 19.2. The summed E-state index contributed by atoms with van der Waals surface area (Å²) in [5.74, 6) is -9.07. The monoisotopic (exact) mass is 1080 g/mol. The molecule has 0 bridgehead atoms. The van der Waals surface area contributed by atoms with Crippen LogP contribution in [0.3, 0.4) is 0 Å². The Morgan fingerprint density at radius 3 is 1.31 bits per heavy atom. The van der Waals surface area contributed by atoms with E-state index in [-0.39, 0.29) is 43.1 Å². The first-order valence-electron chi connectivity index (χ1n) is 26.1. The van der Waals surface area contributed by atoms with Crippen LogP contribution in [0, 0.1) is 70.1 Å². The maximum atomic E-state index is 14.8. The van der Waals surface area contributed by atoms with Crippen LogP contribution in [-0.2, 0) is 20.8 Å². The van der Waals surface area contributed by atoms with Crippen LogP contribution in [0.5, 0.6) is 11.5 Å². The molecular weight excluding hydrogens is 1010 g/mol. The van der Waals surface area contributed by atoms with E-state index in [2.05, 4.69) is 20.8 Å². The number of hydrogen-bond donors (Lipinski definition) is 3. The lowest BCUT2D eigenvalue weighted by Crippen LogP contribution is -2.36. The molecule has 77 heavy (non-hydrogen) atoms. The summed E-state index contributed by atoms with van der Waals surface area (Å²) in [7, 11) is -2.15. The van der Waals surface area contributed by atoms with E-state index >= 15 is 0 Å². The Morgan fingerprint density at radius 1 is 0.494 bits per heavy atom. The van der Waals surface area contributed by atoms with Crippen LogP contribution in [0.2, 0.25) is 0 Å². The second-order valence-electron chi connectivity index (χ2n) is 20.0. The van der Waals surface area contributed by atoms with Crippen molar-refractivity contribution in [1.82, 2.24) is 0 Å². The molecule has 3 unspecified atom stereocenters. The van der Waals surface area contributed by atoms with Gasteiger partial charge in [0.2, 0.25) is 0 Å². The summed E-state index contributed by atoms with van der Waals surface area (Å²) >= 11 is 0. The zero-order valence-electron chi connectivity index (χ0n) is 42.8. The van der Waals surface area contributed by atoms with E-state index in [9.17, 15) is 39.5 Å². The van der Waals surface area contributed by atoms with Crippen molar-refractivity contribution in [3.63, 3.8) is 0 Å². The molecule has 0 aliphatic carbocycles. The molecule has 416 valence electrons. The summed E-state index contributed by atoms with van der Waals surface area (Å²) in [6.07, 6.45) is 10.9. The zero-order chi connectivity index (χ0) is 54.6. The van der Waals surface area contributed by atoms with E-state index in [4.69, 9.17) is 34.1 Å². The molecule has 0 spiro atoms. The zero-order valence-corrected chi connectivity index (χ0v) is 42.8. The largest absolute Gasteiger partial charge is 0.503 e. The van der Waals surface area contributed by atoms with Gasteiger partial charge in [-0.15, -0.1) is 0 Å². The van der Waals surface area contributed by atoms with Gasteiger partial charge in [0.1, 0.15) is 18.2 Å². The second kappa shape index (κ2) is 28.3. The number of phenols is 1. The van der Waals surface area contributed by atoms with Gasteiger partial charge in [-0.2, -0.15) is 0 Å². The van der Waals surface area contributed by atoms with Crippen molar-refractivity contribution in [3.8, 4) is 22.6 Å². The van der Waals surface area contributed by atoms with Gasteiger partial charge in [0.25, 0.3) is 0 Å². The number of ether oxygens (including phenoxy) is 4. The fourth-order valence-electron chi connectivity index (χ4n) is 10.3. The van der Waals surface area contributed by atoms with Gasteiger partial charge >= 0.3 is 7.12 Å². The average Bonchev–Trinajstić information content (AvgIpc) is 3.41. The normalized spacial score (nSPS) is 20.3. The molecule has 3 N–H and O–H groups in total. The molecule has 6 aromatic rings. The van der Waals surface area contributed by atoms with Crippen molar-refractivity contribution < 1.29 is 73.6 Å². The highest BCUT2D eigenvalue weighted by molar-refractivity contribution is 6.58. The first-order valence-corrected chi connectivity index (χ1v) is 26.1. The van der Waals surface area contributed by atoms with Crippen LogP contribution >= 0.6 is 0 Å². The van der Waals surface area contributed by atoms with Crippen molar-refractivity contribution >= 4 is 23.4 Å². The van der Waals surface area contributed by atoms with Crippen molar-refractivity contribution in [2.24, 2.45) is 17.8 Å². The minimum absolute atomic E-state index is 0. The maximum absolute atomic E-state index is 14.8. The molecule has 6 atom stereocenters. The van der Waals surface area contributed by atoms with E-state index < -0.39 is 76.4 Å². The van der Waals surface area contributed by atoms with Crippen LogP contribution in [0.15, 0.2) is 84.9 Å². The predicted molar refractivity (Wildman–Crippen MR) is 280 cm³/mol. The van der Waals surface area contributed by atoms with Crippen LogP contribution in [0.4, 0.5) is 39.5 Å². The lowest BCUT2D eigenvalue weighted by Gasteiger charge is -2.29. The molecule has 17 heteroatoms. The van der Waals surface area contributed by atoms with Crippen LogP contribution in [0.25, 0.3) is 21.9 Å². The van der Waals surface area contributed by atoms with Gasteiger partial charge in [-0.1, -0.05) is 83.9 Å². The molecular formula is C60H68BF9O7. The standard InChI is InChI=1S/C31H27F5O2.C14H19BF2O3.C14H18F2O2.CH4/c1-2-3-18-6-11-28(37-16-18)23-14-26(33)31(27(34)15-23)38-17-19-4-7-20(8-5-19)21-9-10-24-22(12-21)13-25(32)30(36)29(24)35;1-2-3-9-4-5-13(20-8-9)10-6-11(16)14(15(18)19)12(17)7-10;1-2-3-9-4-5-13(18-8-9)10-6-11(15)14(17)12(16)7-10;/h4-5,7-10,12-15,18,28H,2-3,6,11,16-17H2,1H3;6-7,9,13,18-19H,2-5,8H2,1H3;6-7,9,13,17H,2-5,8H2,1H3;1H4/t18?,28-;2*9?,13-;/m000./s1. The SMILES string of the molecule is C.CCCC1CC[C@@H](c2cc(F)c(B(O)O)c(F)c2)OC1.CCCC1CC[C@@H](c2cc(F)c(O)c(F)c2)OC1.CCCC1CC[C@@H](c2cc(F)c(OCc3ccc(-c4ccc5c(F)c(F)c(F)cc5c4)cc3)c(F)c2)OC1. The fraction of sp³-hybridized carbons (Fsp3) is 0.433. The first kappa shape index (κ1) is 60.6. The lowest BCUT2D eigenvalue weighted by molar-refractivity contribution is -0.0198. The molecule has 3 heterocycles. The topological polar surface area (TPSA) is 97.6 Å². The summed E-state index contributed by atoms with van der Waals surface area (Å²) in [5, 5.41) is 27.1. The summed E-state index contributed by atoms with van der Waals surface area (Å²) in [4.78, 5) is 0. The highest BCUT2D eigenvalue weighted by Gasteiger charge is 2.29. The van der Waals surface area contributed by atoms with Gasteiger partial charge in [0, 0.05) is 5.39 Å². The molecule has 9 rings (SSSR count). The lowest BCUT2D eigenvalue weighted by atomic mass is 9.78. The third-order valence-corrected chi connectivity index (χ3v) is 14.4. The number of rotatable bonds is 14. The molecule has 6 aromatic carbocycles. The van der Waals surface area contributed by atoms with E-state index in [1.54, 1.807) is 36.4 Å². The van der Waals surface area contributed by atoms with Gasteiger partial charge in [-0.3, -0.25) is 0 Å². The fourth-order valence-corrected chi connectivity index (χ4v) is 10.3. The third-order valence-electron chi connectivity index (χ3n) is 14.4. The Morgan fingerprint density at radius 2 is 0.909 bits per heavy atom. The summed E-state index contributed by atoms with van der Waals surface area (Å²) in [5.41, 5.74) is 2.74. The van der Waals surface area contributed by atoms with Gasteiger partial charge in [-0.05, 0) is 163 Å². The molecule has 3 saturated heterocycles. The number of fused-ring (bicyclic) bond motifs is 1. The Kier molecular flexibility index (Phi) is 22.3. The van der Waals surface area contributed by atoms with Crippen LogP contribution in [-0.4, -0.2) is 42.1 Å². The van der Waals surface area contributed by atoms with E-state index in [1.807, 2.05) is 0 Å². The number of phenolic OH excluding ortho intramolecular Hbond substituents is 1. The summed E-state index contributed by atoms with van der Waals surface area (Å²) in [6, 6.07) is 19.7. The molecule has 3 aliphatic heterocycles. The number of hydrogen-bond acceptors (Lipinski definition) is 7. The number of halogens is 9. The number of benzene rings is 6.